The highest BCUT2D eigenvalue weighted by molar-refractivity contribution is 7.99. The number of carbonyl (C=O) groups excluding carboxylic acids is 2. The lowest BCUT2D eigenvalue weighted by molar-refractivity contribution is -0.133. The maximum atomic E-state index is 12.8. The van der Waals surface area contributed by atoms with Gasteiger partial charge in [-0.05, 0) is 80.8 Å². The minimum atomic E-state index is -0.261. The fourth-order valence-electron chi connectivity index (χ4n) is 7.26. The van der Waals surface area contributed by atoms with Crippen LogP contribution >= 0.6 is 11.8 Å². The van der Waals surface area contributed by atoms with E-state index in [1.807, 2.05) is 66.1 Å². The van der Waals surface area contributed by atoms with E-state index in [0.29, 0.717) is 11.6 Å². The number of benzene rings is 2. The molecule has 2 N–H and O–H groups in total. The second-order valence-electron chi connectivity index (χ2n) is 11.3. The molecule has 1 heterocycles. The molecule has 0 unspecified atom stereocenters. The number of hydrogen-bond donors (Lipinski definition) is 2. The van der Waals surface area contributed by atoms with Gasteiger partial charge in [0.25, 0.3) is 0 Å². The fourth-order valence-corrected chi connectivity index (χ4v) is 8.01. The number of nitrogens with zero attached hydrogens (tertiary/aromatic N) is 3. The second kappa shape index (κ2) is 9.97. The smallest absolute Gasteiger partial charge is 0.248 e. The molecule has 2 amide bonds. The topological polar surface area (TPSA) is 88.9 Å². The summed E-state index contributed by atoms with van der Waals surface area (Å²) in [4.78, 5) is 25.4. The molecule has 0 atom stereocenters. The first kappa shape index (κ1) is 24.2. The number of rotatable bonds is 7. The van der Waals surface area contributed by atoms with Crippen molar-refractivity contribution in [1.29, 1.82) is 0 Å². The van der Waals surface area contributed by atoms with Gasteiger partial charge in [-0.3, -0.25) is 25.0 Å². The zero-order valence-electron chi connectivity index (χ0n) is 21.2. The Kier molecular flexibility index (Phi) is 6.53. The van der Waals surface area contributed by atoms with Crippen LogP contribution in [0.2, 0.25) is 0 Å². The third-order valence-electron chi connectivity index (χ3n) is 8.33. The minimum Gasteiger partial charge on any atom is -0.273 e. The van der Waals surface area contributed by atoms with Crippen LogP contribution in [0.25, 0.3) is 17.1 Å². The molecule has 8 heteroatoms. The van der Waals surface area contributed by atoms with Gasteiger partial charge in [0, 0.05) is 17.7 Å². The molecule has 4 saturated carbocycles. The molecule has 0 saturated heterocycles. The van der Waals surface area contributed by atoms with Gasteiger partial charge >= 0.3 is 0 Å². The lowest BCUT2D eigenvalue weighted by atomic mass is 9.49. The summed E-state index contributed by atoms with van der Waals surface area (Å²) in [6.07, 6.45) is 8.11. The summed E-state index contributed by atoms with van der Waals surface area (Å²) in [5.41, 5.74) is 8.50. The summed E-state index contributed by atoms with van der Waals surface area (Å²) in [5, 5.41) is 9.44. The molecule has 7 rings (SSSR count). The van der Waals surface area contributed by atoms with Crippen molar-refractivity contribution in [1.82, 2.24) is 25.6 Å². The van der Waals surface area contributed by atoms with Crippen molar-refractivity contribution in [3.05, 3.63) is 60.2 Å². The third kappa shape index (κ3) is 5.17. The largest absolute Gasteiger partial charge is 0.273 e. The normalized spacial score (nSPS) is 25.7. The van der Waals surface area contributed by atoms with Crippen molar-refractivity contribution in [2.75, 3.05) is 5.75 Å². The molecule has 7 nitrogen and oxygen atoms in total. The molecule has 1 aromatic heterocycles. The van der Waals surface area contributed by atoms with Crippen LogP contribution in [0.4, 0.5) is 0 Å². The van der Waals surface area contributed by atoms with Crippen molar-refractivity contribution in [3.8, 4) is 17.1 Å². The minimum absolute atomic E-state index is 0.0745. The summed E-state index contributed by atoms with van der Waals surface area (Å²) in [6.45, 7) is 2.05. The van der Waals surface area contributed by atoms with Crippen LogP contribution in [-0.2, 0) is 9.59 Å². The number of thioether (sulfide) groups is 1. The van der Waals surface area contributed by atoms with Crippen LogP contribution in [0.15, 0.2) is 59.8 Å². The van der Waals surface area contributed by atoms with Gasteiger partial charge in [0.05, 0.1) is 5.75 Å². The molecule has 4 bridgehead atoms. The number of aromatic nitrogens is 3. The number of carbonyl (C=O) groups is 2. The van der Waals surface area contributed by atoms with Gasteiger partial charge in [0.15, 0.2) is 11.0 Å². The Bertz CT molecular complexity index is 1250. The Labute approximate surface area is 221 Å². The van der Waals surface area contributed by atoms with Crippen molar-refractivity contribution in [2.24, 2.45) is 23.2 Å². The van der Waals surface area contributed by atoms with E-state index in [-0.39, 0.29) is 23.0 Å². The summed E-state index contributed by atoms with van der Waals surface area (Å²) in [5.74, 6) is 2.91. The predicted molar refractivity (Wildman–Crippen MR) is 144 cm³/mol. The lowest BCUT2D eigenvalue weighted by Gasteiger charge is -2.56. The SMILES string of the molecule is Cc1ccc(-n2c(SCC(=O)NNC(=O)CC34CC5CC(CC(C5)C3)C4)nnc2-c2ccccc2)cc1. The molecule has 4 aliphatic rings. The van der Waals surface area contributed by atoms with E-state index >= 15 is 0 Å². The Morgan fingerprint density at radius 1 is 0.892 bits per heavy atom. The lowest BCUT2D eigenvalue weighted by Crippen LogP contribution is -2.50. The Morgan fingerprint density at radius 2 is 1.51 bits per heavy atom. The average Bonchev–Trinajstić information content (AvgIpc) is 3.30. The van der Waals surface area contributed by atoms with Crippen LogP contribution in [0, 0.1) is 30.1 Å². The number of hydrazine groups is 1. The first-order valence-corrected chi connectivity index (χ1v) is 14.2. The van der Waals surface area contributed by atoms with Crippen LogP contribution < -0.4 is 10.9 Å². The van der Waals surface area contributed by atoms with E-state index in [0.717, 1.165) is 40.4 Å². The maximum absolute atomic E-state index is 12.8. The van der Waals surface area contributed by atoms with Crippen molar-refractivity contribution < 1.29 is 9.59 Å². The Morgan fingerprint density at radius 3 is 2.16 bits per heavy atom. The summed E-state index contributed by atoms with van der Waals surface area (Å²) in [6, 6.07) is 18.0. The van der Waals surface area contributed by atoms with Crippen LogP contribution in [0.1, 0.15) is 50.5 Å². The van der Waals surface area contributed by atoms with Gasteiger partial charge < -0.3 is 0 Å². The van der Waals surface area contributed by atoms with E-state index in [1.165, 1.54) is 50.3 Å². The van der Waals surface area contributed by atoms with Gasteiger partial charge in [-0.1, -0.05) is 59.8 Å². The molecule has 0 spiro atoms. The van der Waals surface area contributed by atoms with Crippen LogP contribution in [-0.4, -0.2) is 32.3 Å². The molecule has 3 aromatic rings. The van der Waals surface area contributed by atoms with Gasteiger partial charge in [0.1, 0.15) is 0 Å². The van der Waals surface area contributed by atoms with E-state index in [1.54, 1.807) is 0 Å². The summed E-state index contributed by atoms with van der Waals surface area (Å²) < 4.78 is 1.97. The standard InChI is InChI=1S/C29H33N5O2S/c1-19-7-9-24(10-8-19)34-27(23-5-3-2-4-6-23)32-33-28(34)37-18-26(36)31-30-25(35)17-29-14-20-11-21(15-29)13-22(12-20)16-29/h2-10,20-22H,11-18H2,1H3,(H,30,35)(H,31,36). The number of hydrogen-bond acceptors (Lipinski definition) is 5. The van der Waals surface area contributed by atoms with E-state index in [9.17, 15) is 9.59 Å². The highest BCUT2D eigenvalue weighted by Crippen LogP contribution is 2.61. The van der Waals surface area contributed by atoms with Crippen molar-refractivity contribution >= 4 is 23.6 Å². The molecule has 4 aliphatic carbocycles. The maximum Gasteiger partial charge on any atom is 0.248 e. The zero-order chi connectivity index (χ0) is 25.4. The Balaban J connectivity index is 1.08. The highest BCUT2D eigenvalue weighted by Gasteiger charge is 2.51. The molecular weight excluding hydrogens is 482 g/mol. The first-order valence-electron chi connectivity index (χ1n) is 13.2. The predicted octanol–water partition coefficient (Wildman–Crippen LogP) is 5.09. The Hall–Kier alpha value is -3.13. The van der Waals surface area contributed by atoms with Gasteiger partial charge in [-0.15, -0.1) is 10.2 Å². The monoisotopic (exact) mass is 515 g/mol. The van der Waals surface area contributed by atoms with Gasteiger partial charge in [0.2, 0.25) is 11.8 Å². The molecule has 192 valence electrons. The quantitative estimate of drug-likeness (QED) is 0.338. The van der Waals surface area contributed by atoms with Gasteiger partial charge in [-0.25, -0.2) is 0 Å². The number of amides is 2. The molecule has 0 aliphatic heterocycles. The van der Waals surface area contributed by atoms with E-state index in [4.69, 9.17) is 0 Å². The first-order chi connectivity index (χ1) is 18.0. The molecule has 37 heavy (non-hydrogen) atoms. The second-order valence-corrected chi connectivity index (χ2v) is 12.3. The van der Waals surface area contributed by atoms with E-state index in [2.05, 4.69) is 21.0 Å². The van der Waals surface area contributed by atoms with Crippen molar-refractivity contribution in [3.63, 3.8) is 0 Å². The summed E-state index contributed by atoms with van der Waals surface area (Å²) in [7, 11) is 0. The highest BCUT2D eigenvalue weighted by atomic mass is 32.2. The third-order valence-corrected chi connectivity index (χ3v) is 9.26. The molecule has 2 aromatic carbocycles. The van der Waals surface area contributed by atoms with E-state index < -0.39 is 0 Å². The summed E-state index contributed by atoms with van der Waals surface area (Å²) >= 11 is 1.30. The van der Waals surface area contributed by atoms with Crippen LogP contribution in [0.3, 0.4) is 0 Å². The van der Waals surface area contributed by atoms with Crippen LogP contribution in [0.5, 0.6) is 0 Å². The van der Waals surface area contributed by atoms with Crippen molar-refractivity contribution in [2.45, 2.75) is 57.0 Å². The molecule has 0 radical (unpaired) electrons. The molecule has 4 fully saturated rings. The zero-order valence-corrected chi connectivity index (χ0v) is 22.0. The molecular formula is C29H33N5O2S. The number of nitrogens with one attached hydrogen (secondary N) is 2. The number of aryl methyl sites for hydroxylation is 1. The fraction of sp³-hybridized carbons (Fsp3) is 0.448. The average molecular weight is 516 g/mol. The van der Waals surface area contributed by atoms with Gasteiger partial charge in [-0.2, -0.15) is 0 Å².